The lowest BCUT2D eigenvalue weighted by molar-refractivity contribution is -0.384. The van der Waals surface area contributed by atoms with Crippen molar-refractivity contribution in [3.8, 4) is 0 Å². The van der Waals surface area contributed by atoms with E-state index in [4.69, 9.17) is 5.11 Å². The molecule has 23 heavy (non-hydrogen) atoms. The van der Waals surface area contributed by atoms with Crippen molar-refractivity contribution in [3.05, 3.63) is 27.9 Å². The number of hydrogen-bond acceptors (Lipinski definition) is 5. The van der Waals surface area contributed by atoms with Gasteiger partial charge in [0, 0.05) is 17.8 Å². The molecule has 4 bridgehead atoms. The van der Waals surface area contributed by atoms with Crippen LogP contribution in [0.25, 0.3) is 0 Å². The fourth-order valence-corrected chi connectivity index (χ4v) is 5.32. The Balaban J connectivity index is 1.66. The molecule has 4 fully saturated rings. The van der Waals surface area contributed by atoms with Crippen molar-refractivity contribution in [2.24, 2.45) is 17.8 Å². The summed E-state index contributed by atoms with van der Waals surface area (Å²) < 4.78 is 0. The number of carbonyl (C=O) groups is 1. The molecule has 1 aromatic rings. The van der Waals surface area contributed by atoms with E-state index in [9.17, 15) is 14.9 Å². The van der Waals surface area contributed by atoms with Gasteiger partial charge in [0.05, 0.1) is 10.5 Å². The van der Waals surface area contributed by atoms with Crippen LogP contribution in [0, 0.1) is 27.9 Å². The van der Waals surface area contributed by atoms with Gasteiger partial charge in [0.15, 0.2) is 0 Å². The van der Waals surface area contributed by atoms with Crippen LogP contribution in [-0.4, -0.2) is 26.5 Å². The minimum Gasteiger partial charge on any atom is -0.478 e. The molecule has 5 rings (SSSR count). The van der Waals surface area contributed by atoms with E-state index in [2.05, 4.69) is 10.3 Å². The monoisotopic (exact) mass is 317 g/mol. The number of pyridine rings is 1. The molecule has 4 saturated carbocycles. The third kappa shape index (κ3) is 2.44. The first-order valence-electron chi connectivity index (χ1n) is 8.10. The summed E-state index contributed by atoms with van der Waals surface area (Å²) in [5.74, 6) is 1.15. The van der Waals surface area contributed by atoms with Crippen LogP contribution in [0.15, 0.2) is 12.3 Å². The van der Waals surface area contributed by atoms with Crippen LogP contribution >= 0.6 is 0 Å². The van der Waals surface area contributed by atoms with Crippen molar-refractivity contribution in [1.82, 2.24) is 4.98 Å². The standard InChI is InChI=1S/C16H19N3O4/c20-15(21)12-4-13(19(22)23)14(17-8-12)18-16-5-9-1-10(6-16)3-11(2-9)7-16/h4,8-11H,1-3,5-7H2,(H,17,18)(H,20,21). The molecule has 0 atom stereocenters. The highest BCUT2D eigenvalue weighted by atomic mass is 16.6. The van der Waals surface area contributed by atoms with Crippen molar-refractivity contribution in [2.45, 2.75) is 44.1 Å². The van der Waals surface area contributed by atoms with Crippen molar-refractivity contribution in [1.29, 1.82) is 0 Å². The Bertz CT molecular complexity index is 653. The summed E-state index contributed by atoms with van der Waals surface area (Å²) in [4.78, 5) is 25.8. The highest BCUT2D eigenvalue weighted by molar-refractivity contribution is 5.88. The summed E-state index contributed by atoms with van der Waals surface area (Å²) in [5, 5.41) is 23.7. The predicted octanol–water partition coefficient (Wildman–Crippen LogP) is 3.07. The second-order valence-electron chi connectivity index (χ2n) is 7.48. The third-order valence-electron chi connectivity index (χ3n) is 5.73. The number of nitrogens with zero attached hydrogens (tertiary/aromatic N) is 2. The second kappa shape index (κ2) is 4.91. The Kier molecular flexibility index (Phi) is 3.08. The number of rotatable bonds is 4. The van der Waals surface area contributed by atoms with E-state index in [0.717, 1.165) is 25.3 Å². The van der Waals surface area contributed by atoms with Crippen LogP contribution in [0.3, 0.4) is 0 Å². The second-order valence-corrected chi connectivity index (χ2v) is 7.48. The Hall–Kier alpha value is -2.18. The fraction of sp³-hybridized carbons (Fsp3) is 0.625. The van der Waals surface area contributed by atoms with Crippen molar-refractivity contribution >= 4 is 17.5 Å². The summed E-state index contributed by atoms with van der Waals surface area (Å²) in [7, 11) is 0. The average Bonchev–Trinajstić information content (AvgIpc) is 2.45. The molecule has 7 nitrogen and oxygen atoms in total. The summed E-state index contributed by atoms with van der Waals surface area (Å²) in [6.45, 7) is 0. The summed E-state index contributed by atoms with van der Waals surface area (Å²) in [6.07, 6.45) is 8.17. The van der Waals surface area contributed by atoms with Crippen LogP contribution < -0.4 is 5.32 Å². The molecule has 0 saturated heterocycles. The van der Waals surface area contributed by atoms with E-state index < -0.39 is 10.9 Å². The molecule has 0 spiro atoms. The first-order chi connectivity index (χ1) is 10.9. The van der Waals surface area contributed by atoms with Crippen LogP contribution in [0.4, 0.5) is 11.5 Å². The maximum atomic E-state index is 11.3. The largest absolute Gasteiger partial charge is 0.478 e. The van der Waals surface area contributed by atoms with Gasteiger partial charge in [0.1, 0.15) is 0 Å². The minimum absolute atomic E-state index is 0.1000. The lowest BCUT2D eigenvalue weighted by Crippen LogP contribution is -2.55. The molecule has 0 aromatic carbocycles. The average molecular weight is 317 g/mol. The maximum absolute atomic E-state index is 11.3. The topological polar surface area (TPSA) is 105 Å². The Morgan fingerprint density at radius 2 is 1.83 bits per heavy atom. The minimum atomic E-state index is -1.21. The Morgan fingerprint density at radius 1 is 1.26 bits per heavy atom. The number of aromatic nitrogens is 1. The van der Waals surface area contributed by atoms with Crippen LogP contribution in [0.5, 0.6) is 0 Å². The lowest BCUT2D eigenvalue weighted by Gasteiger charge is -2.57. The summed E-state index contributed by atoms with van der Waals surface area (Å²) in [6, 6.07) is 1.10. The molecular formula is C16H19N3O4. The van der Waals surface area contributed by atoms with Gasteiger partial charge in [-0.3, -0.25) is 10.1 Å². The first-order valence-corrected chi connectivity index (χ1v) is 8.10. The highest BCUT2D eigenvalue weighted by Crippen LogP contribution is 2.56. The number of nitro groups is 1. The van der Waals surface area contributed by atoms with Crippen molar-refractivity contribution in [2.75, 3.05) is 5.32 Å². The molecular weight excluding hydrogens is 298 g/mol. The van der Waals surface area contributed by atoms with Gasteiger partial charge in [-0.15, -0.1) is 0 Å². The van der Waals surface area contributed by atoms with Crippen molar-refractivity contribution in [3.63, 3.8) is 0 Å². The van der Waals surface area contributed by atoms with Gasteiger partial charge in [-0.2, -0.15) is 0 Å². The third-order valence-corrected chi connectivity index (χ3v) is 5.73. The molecule has 0 amide bonds. The molecule has 122 valence electrons. The first kappa shape index (κ1) is 14.4. The molecule has 4 aliphatic carbocycles. The maximum Gasteiger partial charge on any atom is 0.337 e. The number of aromatic carboxylic acids is 1. The molecule has 4 aliphatic rings. The molecule has 1 heterocycles. The Morgan fingerprint density at radius 3 is 2.30 bits per heavy atom. The van der Waals surface area contributed by atoms with Gasteiger partial charge in [-0.05, 0) is 56.3 Å². The van der Waals surface area contributed by atoms with Crippen LogP contribution in [-0.2, 0) is 0 Å². The van der Waals surface area contributed by atoms with Crippen molar-refractivity contribution < 1.29 is 14.8 Å². The normalized spacial score (nSPS) is 34.3. The van der Waals surface area contributed by atoms with Gasteiger partial charge in [0.25, 0.3) is 0 Å². The van der Waals surface area contributed by atoms with E-state index in [1.807, 2.05) is 0 Å². The number of carboxylic acid groups (broad SMARTS) is 1. The summed E-state index contributed by atoms with van der Waals surface area (Å²) >= 11 is 0. The molecule has 0 aliphatic heterocycles. The number of hydrogen-bond donors (Lipinski definition) is 2. The highest BCUT2D eigenvalue weighted by Gasteiger charge is 2.51. The van der Waals surface area contributed by atoms with E-state index in [1.54, 1.807) is 0 Å². The van der Waals surface area contributed by atoms with Gasteiger partial charge in [-0.1, -0.05) is 0 Å². The smallest absolute Gasteiger partial charge is 0.337 e. The lowest BCUT2D eigenvalue weighted by atomic mass is 9.53. The molecule has 1 aromatic heterocycles. The van der Waals surface area contributed by atoms with E-state index in [1.165, 1.54) is 25.5 Å². The van der Waals surface area contributed by atoms with Crippen LogP contribution in [0.2, 0.25) is 0 Å². The predicted molar refractivity (Wildman–Crippen MR) is 82.4 cm³/mol. The molecule has 0 radical (unpaired) electrons. The number of carboxylic acids is 1. The van der Waals surface area contributed by atoms with E-state index in [-0.39, 0.29) is 22.6 Å². The molecule has 2 N–H and O–H groups in total. The van der Waals surface area contributed by atoms with Gasteiger partial charge >= 0.3 is 11.7 Å². The number of anilines is 1. The zero-order valence-corrected chi connectivity index (χ0v) is 12.7. The molecule has 0 unspecified atom stereocenters. The van der Waals surface area contributed by atoms with Gasteiger partial charge in [0.2, 0.25) is 5.82 Å². The molecule has 7 heteroatoms. The summed E-state index contributed by atoms with van der Waals surface area (Å²) in [5.41, 5.74) is -0.509. The zero-order chi connectivity index (χ0) is 16.2. The van der Waals surface area contributed by atoms with E-state index >= 15 is 0 Å². The van der Waals surface area contributed by atoms with Crippen LogP contribution in [0.1, 0.15) is 48.9 Å². The zero-order valence-electron chi connectivity index (χ0n) is 12.7. The van der Waals surface area contributed by atoms with Gasteiger partial charge in [-0.25, -0.2) is 9.78 Å². The number of nitrogens with one attached hydrogen (secondary N) is 1. The Labute approximate surface area is 133 Å². The van der Waals surface area contributed by atoms with E-state index in [0.29, 0.717) is 17.8 Å². The van der Waals surface area contributed by atoms with Gasteiger partial charge < -0.3 is 10.4 Å². The quantitative estimate of drug-likeness (QED) is 0.653. The fourth-order valence-electron chi connectivity index (χ4n) is 5.32. The SMILES string of the molecule is O=C(O)c1cnc(NC23CC4CC(CC(C4)C2)C3)c([N+](=O)[O-])c1.